The van der Waals surface area contributed by atoms with Crippen molar-refractivity contribution in [3.8, 4) is 0 Å². The summed E-state index contributed by atoms with van der Waals surface area (Å²) in [7, 11) is 0. The molecule has 1 aliphatic rings. The Labute approximate surface area is 63.4 Å². The Morgan fingerprint density at radius 1 is 1.30 bits per heavy atom. The number of rotatable bonds is 1. The molecule has 0 saturated heterocycles. The summed E-state index contributed by atoms with van der Waals surface area (Å²) in [5.74, 6) is 1.37. The molecule has 0 aromatic heterocycles. The molecule has 1 fully saturated rings. The van der Waals surface area contributed by atoms with Gasteiger partial charge in [0.25, 0.3) is 0 Å². The molecule has 0 spiro atoms. The van der Waals surface area contributed by atoms with Crippen molar-refractivity contribution in [1.29, 1.82) is 0 Å². The Morgan fingerprint density at radius 2 is 1.90 bits per heavy atom. The van der Waals surface area contributed by atoms with Crippen molar-refractivity contribution in [3.05, 3.63) is 0 Å². The van der Waals surface area contributed by atoms with Crippen LogP contribution in [0.3, 0.4) is 0 Å². The van der Waals surface area contributed by atoms with Crippen LogP contribution in [0, 0.1) is 11.8 Å². The van der Waals surface area contributed by atoms with Gasteiger partial charge in [0.05, 0.1) is 5.60 Å². The summed E-state index contributed by atoms with van der Waals surface area (Å²) in [5, 5.41) is 9.64. The van der Waals surface area contributed by atoms with Crippen LogP contribution in [0.5, 0.6) is 0 Å². The van der Waals surface area contributed by atoms with Crippen LogP contribution < -0.4 is 0 Å². The van der Waals surface area contributed by atoms with Gasteiger partial charge in [-0.2, -0.15) is 0 Å². The maximum Gasteiger partial charge on any atom is 0.0619 e. The Kier molecular flexibility index (Phi) is 2.04. The van der Waals surface area contributed by atoms with Gasteiger partial charge in [-0.3, -0.25) is 0 Å². The van der Waals surface area contributed by atoms with Crippen LogP contribution in [-0.2, 0) is 0 Å². The van der Waals surface area contributed by atoms with Crippen molar-refractivity contribution in [1.82, 2.24) is 0 Å². The van der Waals surface area contributed by atoms with Gasteiger partial charge >= 0.3 is 0 Å². The summed E-state index contributed by atoms with van der Waals surface area (Å²) in [6.45, 7) is 6.12. The van der Waals surface area contributed by atoms with Crippen molar-refractivity contribution >= 4 is 0 Å². The molecule has 10 heavy (non-hydrogen) atoms. The molecular formula is C9H18O. The van der Waals surface area contributed by atoms with Crippen LogP contribution in [0.15, 0.2) is 0 Å². The molecule has 0 bridgehead atoms. The number of hydrogen-bond acceptors (Lipinski definition) is 1. The SMILES string of the molecule is C[C@H]1CCC(C(C)(C)O)C1. The Hall–Kier alpha value is -0.0400. The lowest BCUT2D eigenvalue weighted by Crippen LogP contribution is -2.28. The lowest BCUT2D eigenvalue weighted by atomic mass is 9.89. The standard InChI is InChI=1S/C9H18O/c1-7-4-5-8(6-7)9(2,3)10/h7-8,10H,4-6H2,1-3H3/t7-,8?/m0/s1. The normalized spacial score (nSPS) is 34.8. The van der Waals surface area contributed by atoms with Gasteiger partial charge < -0.3 is 5.11 Å². The summed E-state index contributed by atoms with van der Waals surface area (Å²) in [4.78, 5) is 0. The van der Waals surface area contributed by atoms with Crippen LogP contribution in [0.25, 0.3) is 0 Å². The lowest BCUT2D eigenvalue weighted by Gasteiger charge is -2.25. The highest BCUT2D eigenvalue weighted by Gasteiger charge is 2.32. The minimum atomic E-state index is -0.440. The maximum absolute atomic E-state index is 9.64. The molecule has 0 heterocycles. The molecule has 0 amide bonds. The summed E-state index contributed by atoms with van der Waals surface area (Å²) < 4.78 is 0. The van der Waals surface area contributed by atoms with Gasteiger partial charge in [0.15, 0.2) is 0 Å². The zero-order valence-electron chi connectivity index (χ0n) is 7.22. The minimum absolute atomic E-state index is 0.440. The van der Waals surface area contributed by atoms with E-state index in [1.165, 1.54) is 19.3 Å². The van der Waals surface area contributed by atoms with E-state index in [-0.39, 0.29) is 0 Å². The van der Waals surface area contributed by atoms with E-state index in [1.807, 2.05) is 13.8 Å². The van der Waals surface area contributed by atoms with E-state index in [0.717, 1.165) is 5.92 Å². The number of aliphatic hydroxyl groups is 1. The highest BCUT2D eigenvalue weighted by Crippen LogP contribution is 2.36. The second-order valence-electron chi connectivity index (χ2n) is 4.27. The van der Waals surface area contributed by atoms with Crippen molar-refractivity contribution in [2.45, 2.75) is 45.6 Å². The fourth-order valence-electron chi connectivity index (χ4n) is 1.85. The van der Waals surface area contributed by atoms with Gasteiger partial charge in [-0.1, -0.05) is 13.3 Å². The Morgan fingerprint density at radius 3 is 2.10 bits per heavy atom. The van der Waals surface area contributed by atoms with E-state index in [0.29, 0.717) is 5.92 Å². The fraction of sp³-hybridized carbons (Fsp3) is 1.00. The second-order valence-corrected chi connectivity index (χ2v) is 4.27. The molecule has 1 aliphatic carbocycles. The molecule has 1 unspecified atom stereocenters. The zero-order chi connectivity index (χ0) is 7.78. The maximum atomic E-state index is 9.64. The van der Waals surface area contributed by atoms with Crippen molar-refractivity contribution in [3.63, 3.8) is 0 Å². The van der Waals surface area contributed by atoms with Crippen molar-refractivity contribution in [2.75, 3.05) is 0 Å². The summed E-state index contributed by atoms with van der Waals surface area (Å²) >= 11 is 0. The largest absolute Gasteiger partial charge is 0.390 e. The molecule has 0 aliphatic heterocycles. The highest BCUT2D eigenvalue weighted by atomic mass is 16.3. The average Bonchev–Trinajstić information content (AvgIpc) is 2.11. The topological polar surface area (TPSA) is 20.2 Å². The van der Waals surface area contributed by atoms with Crippen LogP contribution in [0.2, 0.25) is 0 Å². The first kappa shape index (κ1) is 8.06. The molecule has 1 nitrogen and oxygen atoms in total. The molecule has 0 aromatic carbocycles. The third-order valence-electron chi connectivity index (χ3n) is 2.69. The second kappa shape index (κ2) is 2.54. The summed E-state index contributed by atoms with van der Waals surface area (Å²) in [6.07, 6.45) is 3.73. The molecule has 0 aromatic rings. The molecule has 60 valence electrons. The van der Waals surface area contributed by atoms with Crippen LogP contribution in [0.1, 0.15) is 40.0 Å². The summed E-state index contributed by atoms with van der Waals surface area (Å²) in [6, 6.07) is 0. The van der Waals surface area contributed by atoms with E-state index in [2.05, 4.69) is 6.92 Å². The van der Waals surface area contributed by atoms with Gasteiger partial charge in [0.2, 0.25) is 0 Å². The minimum Gasteiger partial charge on any atom is -0.390 e. The third kappa shape index (κ3) is 1.72. The smallest absolute Gasteiger partial charge is 0.0619 e. The lowest BCUT2D eigenvalue weighted by molar-refractivity contribution is 0.0186. The molecular weight excluding hydrogens is 124 g/mol. The van der Waals surface area contributed by atoms with E-state index in [4.69, 9.17) is 0 Å². The molecule has 1 saturated carbocycles. The summed E-state index contributed by atoms with van der Waals surface area (Å²) in [5.41, 5.74) is -0.440. The van der Waals surface area contributed by atoms with Crippen LogP contribution in [0.4, 0.5) is 0 Å². The van der Waals surface area contributed by atoms with Gasteiger partial charge in [-0.05, 0) is 38.5 Å². The van der Waals surface area contributed by atoms with Gasteiger partial charge in [-0.25, -0.2) is 0 Å². The van der Waals surface area contributed by atoms with Crippen LogP contribution in [-0.4, -0.2) is 10.7 Å². The van der Waals surface area contributed by atoms with E-state index < -0.39 is 5.60 Å². The third-order valence-corrected chi connectivity index (χ3v) is 2.69. The molecule has 1 rings (SSSR count). The van der Waals surface area contributed by atoms with Gasteiger partial charge in [-0.15, -0.1) is 0 Å². The molecule has 2 atom stereocenters. The molecule has 0 radical (unpaired) electrons. The first-order valence-electron chi connectivity index (χ1n) is 4.22. The highest BCUT2D eigenvalue weighted by molar-refractivity contribution is 4.83. The first-order chi connectivity index (χ1) is 4.50. The predicted molar refractivity (Wildman–Crippen MR) is 42.8 cm³/mol. The quantitative estimate of drug-likeness (QED) is 0.595. The monoisotopic (exact) mass is 142 g/mol. The number of hydrogen-bond donors (Lipinski definition) is 1. The van der Waals surface area contributed by atoms with Crippen LogP contribution >= 0.6 is 0 Å². The van der Waals surface area contributed by atoms with E-state index in [1.54, 1.807) is 0 Å². The predicted octanol–water partition coefficient (Wildman–Crippen LogP) is 2.19. The molecule has 1 heteroatoms. The van der Waals surface area contributed by atoms with Gasteiger partial charge in [0, 0.05) is 0 Å². The van der Waals surface area contributed by atoms with E-state index >= 15 is 0 Å². The fourth-order valence-corrected chi connectivity index (χ4v) is 1.85. The molecule has 1 N–H and O–H groups in total. The van der Waals surface area contributed by atoms with Crippen molar-refractivity contribution < 1.29 is 5.11 Å². The first-order valence-corrected chi connectivity index (χ1v) is 4.22. The Bertz CT molecular complexity index is 112. The van der Waals surface area contributed by atoms with Gasteiger partial charge in [0.1, 0.15) is 0 Å². The van der Waals surface area contributed by atoms with E-state index in [9.17, 15) is 5.11 Å². The zero-order valence-corrected chi connectivity index (χ0v) is 7.22. The van der Waals surface area contributed by atoms with Crippen molar-refractivity contribution in [2.24, 2.45) is 11.8 Å². The Balaban J connectivity index is 2.45. The average molecular weight is 142 g/mol.